The van der Waals surface area contributed by atoms with E-state index in [0.29, 0.717) is 6.54 Å². The van der Waals surface area contributed by atoms with E-state index in [1.807, 2.05) is 38.1 Å². The SMILES string of the molecule is CCCNC(=O)[C@H](C)N(Cc1cccc(C)c1)C(=O)CCCN(c1ccc(F)c(F)c1)S(C)(=O)=O. The van der Waals surface area contributed by atoms with Crippen molar-refractivity contribution in [2.45, 2.75) is 52.6 Å². The zero-order valence-corrected chi connectivity index (χ0v) is 21.4. The van der Waals surface area contributed by atoms with Crippen molar-refractivity contribution >= 4 is 27.5 Å². The number of nitrogens with one attached hydrogen (secondary N) is 1. The van der Waals surface area contributed by atoms with Crippen LogP contribution in [0.1, 0.15) is 44.2 Å². The minimum Gasteiger partial charge on any atom is -0.354 e. The van der Waals surface area contributed by atoms with E-state index in [2.05, 4.69) is 5.32 Å². The molecule has 0 aliphatic rings. The molecule has 10 heteroatoms. The van der Waals surface area contributed by atoms with Crippen molar-refractivity contribution < 1.29 is 26.8 Å². The molecule has 1 atom stereocenters. The minimum absolute atomic E-state index is 0.0252. The Morgan fingerprint density at radius 1 is 1.09 bits per heavy atom. The number of nitrogens with zero attached hydrogens (tertiary/aromatic N) is 2. The Morgan fingerprint density at radius 3 is 2.40 bits per heavy atom. The van der Waals surface area contributed by atoms with Crippen molar-refractivity contribution in [1.82, 2.24) is 10.2 Å². The summed E-state index contributed by atoms with van der Waals surface area (Å²) in [5.41, 5.74) is 1.86. The Morgan fingerprint density at radius 2 is 1.80 bits per heavy atom. The Labute approximate surface area is 206 Å². The lowest BCUT2D eigenvalue weighted by molar-refractivity contribution is -0.140. The quantitative estimate of drug-likeness (QED) is 0.472. The molecule has 0 aliphatic carbocycles. The van der Waals surface area contributed by atoms with Crippen molar-refractivity contribution in [2.75, 3.05) is 23.7 Å². The van der Waals surface area contributed by atoms with Gasteiger partial charge in [0.05, 0.1) is 11.9 Å². The van der Waals surface area contributed by atoms with Crippen LogP contribution in [0, 0.1) is 18.6 Å². The molecule has 2 rings (SSSR count). The number of carbonyl (C=O) groups is 2. The summed E-state index contributed by atoms with van der Waals surface area (Å²) in [5, 5.41) is 2.80. The largest absolute Gasteiger partial charge is 0.354 e. The number of hydrogen-bond donors (Lipinski definition) is 1. The second-order valence-corrected chi connectivity index (χ2v) is 10.4. The number of benzene rings is 2. The Balaban J connectivity index is 2.17. The predicted octanol–water partition coefficient (Wildman–Crippen LogP) is 3.76. The highest BCUT2D eigenvalue weighted by Crippen LogP contribution is 2.21. The molecule has 35 heavy (non-hydrogen) atoms. The van der Waals surface area contributed by atoms with E-state index in [1.165, 1.54) is 11.0 Å². The lowest BCUT2D eigenvalue weighted by Crippen LogP contribution is -2.47. The van der Waals surface area contributed by atoms with E-state index < -0.39 is 27.7 Å². The molecule has 0 heterocycles. The van der Waals surface area contributed by atoms with Crippen molar-refractivity contribution in [3.05, 3.63) is 65.2 Å². The summed E-state index contributed by atoms with van der Waals surface area (Å²) in [6.45, 7) is 6.13. The van der Waals surface area contributed by atoms with E-state index in [-0.39, 0.29) is 43.4 Å². The molecule has 2 aromatic rings. The van der Waals surface area contributed by atoms with Gasteiger partial charge in [0.1, 0.15) is 6.04 Å². The van der Waals surface area contributed by atoms with Gasteiger partial charge >= 0.3 is 0 Å². The highest BCUT2D eigenvalue weighted by Gasteiger charge is 2.26. The number of sulfonamides is 1. The molecule has 0 bridgehead atoms. The first-order valence-corrected chi connectivity index (χ1v) is 13.3. The maximum absolute atomic E-state index is 13.7. The first-order chi connectivity index (χ1) is 16.4. The van der Waals surface area contributed by atoms with Gasteiger partial charge in [-0.2, -0.15) is 0 Å². The standard InChI is InChI=1S/C25H33F2N3O4S/c1-5-13-28-25(32)19(3)29(17-20-9-6-8-18(2)15-20)24(31)10-7-14-30(35(4,33)34)21-11-12-22(26)23(27)16-21/h6,8-9,11-12,15-16,19H,5,7,10,13-14,17H2,1-4H3,(H,28,32)/t19-/m0/s1. The maximum Gasteiger partial charge on any atom is 0.242 e. The van der Waals surface area contributed by atoms with Gasteiger partial charge < -0.3 is 10.2 Å². The number of hydrogen-bond acceptors (Lipinski definition) is 4. The van der Waals surface area contributed by atoms with Gasteiger partial charge in [0, 0.05) is 32.1 Å². The topological polar surface area (TPSA) is 86.8 Å². The minimum atomic E-state index is -3.80. The first-order valence-electron chi connectivity index (χ1n) is 11.5. The lowest BCUT2D eigenvalue weighted by atomic mass is 10.1. The van der Waals surface area contributed by atoms with E-state index in [4.69, 9.17) is 0 Å². The fourth-order valence-electron chi connectivity index (χ4n) is 3.63. The van der Waals surface area contributed by atoms with Crippen molar-refractivity contribution in [1.29, 1.82) is 0 Å². The van der Waals surface area contributed by atoms with Crippen LogP contribution in [0.4, 0.5) is 14.5 Å². The van der Waals surface area contributed by atoms with Crippen LogP contribution in [0.3, 0.4) is 0 Å². The molecule has 0 saturated heterocycles. The van der Waals surface area contributed by atoms with Gasteiger partial charge in [0.25, 0.3) is 0 Å². The summed E-state index contributed by atoms with van der Waals surface area (Å²) in [6, 6.07) is 9.73. The fourth-order valence-corrected chi connectivity index (χ4v) is 4.59. The van der Waals surface area contributed by atoms with Crippen LogP contribution in [0.15, 0.2) is 42.5 Å². The molecule has 0 radical (unpaired) electrons. The zero-order chi connectivity index (χ0) is 26.2. The smallest absolute Gasteiger partial charge is 0.242 e. The highest BCUT2D eigenvalue weighted by molar-refractivity contribution is 7.92. The molecule has 0 fully saturated rings. The molecule has 7 nitrogen and oxygen atoms in total. The molecule has 0 saturated carbocycles. The third-order valence-corrected chi connectivity index (χ3v) is 6.69. The molecule has 1 N–H and O–H groups in total. The van der Waals surface area contributed by atoms with E-state index in [0.717, 1.165) is 40.2 Å². The molecule has 2 amide bonds. The number of rotatable bonds is 12. The summed E-state index contributed by atoms with van der Waals surface area (Å²) < 4.78 is 52.5. The van der Waals surface area contributed by atoms with Gasteiger partial charge in [-0.15, -0.1) is 0 Å². The summed E-state index contributed by atoms with van der Waals surface area (Å²) in [5.74, 6) is -2.83. The summed E-state index contributed by atoms with van der Waals surface area (Å²) >= 11 is 0. The Bertz CT molecular complexity index is 1140. The van der Waals surface area contributed by atoms with Crippen LogP contribution in [0.25, 0.3) is 0 Å². The van der Waals surface area contributed by atoms with Crippen LogP contribution in [0.2, 0.25) is 0 Å². The molecule has 0 aliphatic heterocycles. The lowest BCUT2D eigenvalue weighted by Gasteiger charge is -2.29. The van der Waals surface area contributed by atoms with E-state index in [1.54, 1.807) is 6.92 Å². The van der Waals surface area contributed by atoms with Gasteiger partial charge in [-0.1, -0.05) is 36.8 Å². The predicted molar refractivity (Wildman–Crippen MR) is 132 cm³/mol. The summed E-state index contributed by atoms with van der Waals surface area (Å²) in [6.07, 6.45) is 1.81. The van der Waals surface area contributed by atoms with Crippen molar-refractivity contribution in [2.24, 2.45) is 0 Å². The first kappa shape index (κ1) is 28.2. The molecular formula is C25H33F2N3O4S. The van der Waals surface area contributed by atoms with Gasteiger partial charge in [0.15, 0.2) is 11.6 Å². The van der Waals surface area contributed by atoms with Crippen LogP contribution in [0.5, 0.6) is 0 Å². The van der Waals surface area contributed by atoms with Crippen LogP contribution in [-0.4, -0.2) is 50.5 Å². The number of aryl methyl sites for hydroxylation is 1. The number of amides is 2. The van der Waals surface area contributed by atoms with Crippen molar-refractivity contribution in [3.63, 3.8) is 0 Å². The normalized spacial score (nSPS) is 12.2. The van der Waals surface area contributed by atoms with Crippen LogP contribution >= 0.6 is 0 Å². The maximum atomic E-state index is 13.7. The third kappa shape index (κ3) is 8.31. The fraction of sp³-hybridized carbons (Fsp3) is 0.440. The third-order valence-electron chi connectivity index (χ3n) is 5.50. The van der Waals surface area contributed by atoms with E-state index >= 15 is 0 Å². The van der Waals surface area contributed by atoms with E-state index in [9.17, 15) is 26.8 Å². The number of halogens is 2. The second-order valence-electron chi connectivity index (χ2n) is 8.51. The molecule has 2 aromatic carbocycles. The van der Waals surface area contributed by atoms with Gasteiger partial charge in [0.2, 0.25) is 21.8 Å². The highest BCUT2D eigenvalue weighted by atomic mass is 32.2. The Hall–Kier alpha value is -3.01. The molecule has 0 spiro atoms. The van der Waals surface area contributed by atoms with Gasteiger partial charge in [-0.25, -0.2) is 17.2 Å². The van der Waals surface area contributed by atoms with Gasteiger partial charge in [-0.3, -0.25) is 13.9 Å². The van der Waals surface area contributed by atoms with Crippen molar-refractivity contribution in [3.8, 4) is 0 Å². The average Bonchev–Trinajstić information content (AvgIpc) is 2.79. The summed E-state index contributed by atoms with van der Waals surface area (Å²) in [4.78, 5) is 27.3. The monoisotopic (exact) mass is 509 g/mol. The molecule has 0 unspecified atom stereocenters. The number of anilines is 1. The average molecular weight is 510 g/mol. The molecule has 0 aromatic heterocycles. The van der Waals surface area contributed by atoms with Crippen LogP contribution in [-0.2, 0) is 26.2 Å². The Kier molecular flexibility index (Phi) is 10.2. The molecular weight excluding hydrogens is 476 g/mol. The number of carbonyl (C=O) groups excluding carboxylic acids is 2. The molecule has 192 valence electrons. The second kappa shape index (κ2) is 12.6. The summed E-state index contributed by atoms with van der Waals surface area (Å²) in [7, 11) is -3.80. The van der Waals surface area contributed by atoms with Gasteiger partial charge in [-0.05, 0) is 44.4 Å². The van der Waals surface area contributed by atoms with Crippen LogP contribution < -0.4 is 9.62 Å². The zero-order valence-electron chi connectivity index (χ0n) is 20.6.